The Hall–Kier alpha value is -1.46. The third-order valence-electron chi connectivity index (χ3n) is 2.94. The zero-order valence-corrected chi connectivity index (χ0v) is 11.7. The predicted octanol–water partition coefficient (Wildman–Crippen LogP) is 3.50. The van der Waals surface area contributed by atoms with Crippen LogP contribution in [-0.2, 0) is 13.0 Å². The van der Waals surface area contributed by atoms with Gasteiger partial charge in [0.2, 0.25) is 0 Å². The molecule has 0 spiro atoms. The van der Waals surface area contributed by atoms with Gasteiger partial charge in [0.1, 0.15) is 17.7 Å². The van der Waals surface area contributed by atoms with Crippen molar-refractivity contribution in [1.29, 1.82) is 0 Å². The van der Waals surface area contributed by atoms with Gasteiger partial charge in [0.05, 0.1) is 16.9 Å². The van der Waals surface area contributed by atoms with Gasteiger partial charge in [0.15, 0.2) is 0 Å². The van der Waals surface area contributed by atoms with Gasteiger partial charge in [-0.2, -0.15) is 5.10 Å². The molecule has 108 valence electrons. The van der Waals surface area contributed by atoms with E-state index >= 15 is 0 Å². The molecular formula is C14H15ClF2N2O. The van der Waals surface area contributed by atoms with E-state index in [9.17, 15) is 13.9 Å². The van der Waals surface area contributed by atoms with Gasteiger partial charge in [0.25, 0.3) is 0 Å². The highest BCUT2D eigenvalue weighted by atomic mass is 35.5. The van der Waals surface area contributed by atoms with E-state index in [0.29, 0.717) is 22.8 Å². The molecule has 2 rings (SSSR count). The minimum Gasteiger partial charge on any atom is -0.386 e. The van der Waals surface area contributed by atoms with Crippen LogP contribution in [0.15, 0.2) is 24.4 Å². The Bertz CT molecular complexity index is 581. The number of aliphatic hydroxyl groups excluding tert-OH is 1. The third-order valence-corrected chi connectivity index (χ3v) is 3.23. The maximum atomic E-state index is 13.1. The molecule has 0 bridgehead atoms. The lowest BCUT2D eigenvalue weighted by Gasteiger charge is -2.14. The molecule has 0 aliphatic rings. The molecule has 0 aliphatic heterocycles. The molecule has 3 nitrogen and oxygen atoms in total. The van der Waals surface area contributed by atoms with Gasteiger partial charge in [0, 0.05) is 19.0 Å². The SMILES string of the molecule is CCCn1ncc(Cl)c1C(O)Cc1cc(F)cc(F)c1. The van der Waals surface area contributed by atoms with E-state index in [4.69, 9.17) is 11.6 Å². The second-order valence-corrected chi connectivity index (χ2v) is 5.01. The molecule has 6 heteroatoms. The number of aryl methyl sites for hydroxylation is 1. The van der Waals surface area contributed by atoms with E-state index in [-0.39, 0.29) is 6.42 Å². The Kier molecular flexibility index (Phi) is 4.73. The summed E-state index contributed by atoms with van der Waals surface area (Å²) in [5.41, 5.74) is 0.841. The fourth-order valence-electron chi connectivity index (χ4n) is 2.14. The number of hydrogen-bond acceptors (Lipinski definition) is 2. The van der Waals surface area contributed by atoms with Crippen molar-refractivity contribution in [2.24, 2.45) is 0 Å². The second kappa shape index (κ2) is 6.33. The Balaban J connectivity index is 2.23. The second-order valence-electron chi connectivity index (χ2n) is 4.60. The van der Waals surface area contributed by atoms with Gasteiger partial charge in [-0.05, 0) is 24.1 Å². The molecule has 0 saturated carbocycles. The molecule has 0 amide bonds. The maximum Gasteiger partial charge on any atom is 0.126 e. The molecule has 0 radical (unpaired) electrons. The molecule has 1 aromatic heterocycles. The summed E-state index contributed by atoms with van der Waals surface area (Å²) < 4.78 is 27.9. The minimum absolute atomic E-state index is 0.0732. The van der Waals surface area contributed by atoms with Crippen LogP contribution in [0.1, 0.15) is 30.7 Å². The smallest absolute Gasteiger partial charge is 0.126 e. The van der Waals surface area contributed by atoms with Crippen LogP contribution < -0.4 is 0 Å². The highest BCUT2D eigenvalue weighted by molar-refractivity contribution is 6.31. The Morgan fingerprint density at radius 1 is 1.30 bits per heavy atom. The molecule has 0 saturated heterocycles. The predicted molar refractivity (Wildman–Crippen MR) is 72.5 cm³/mol. The summed E-state index contributed by atoms with van der Waals surface area (Å²) in [6.07, 6.45) is 1.41. The van der Waals surface area contributed by atoms with Crippen molar-refractivity contribution in [3.63, 3.8) is 0 Å². The number of aromatic nitrogens is 2. The first-order valence-electron chi connectivity index (χ1n) is 6.35. The van der Waals surface area contributed by atoms with Crippen molar-refractivity contribution in [2.75, 3.05) is 0 Å². The Morgan fingerprint density at radius 3 is 2.55 bits per heavy atom. The summed E-state index contributed by atoms with van der Waals surface area (Å²) in [4.78, 5) is 0. The first kappa shape index (κ1) is 14.9. The summed E-state index contributed by atoms with van der Waals surface area (Å²) >= 11 is 6.01. The minimum atomic E-state index is -0.960. The average molecular weight is 301 g/mol. The van der Waals surface area contributed by atoms with Crippen molar-refractivity contribution in [3.05, 3.63) is 52.3 Å². The highest BCUT2D eigenvalue weighted by Gasteiger charge is 2.19. The van der Waals surface area contributed by atoms with Crippen molar-refractivity contribution < 1.29 is 13.9 Å². The number of nitrogens with zero attached hydrogens (tertiary/aromatic N) is 2. The van der Waals surface area contributed by atoms with Crippen molar-refractivity contribution in [1.82, 2.24) is 9.78 Å². The number of aliphatic hydroxyl groups is 1. The lowest BCUT2D eigenvalue weighted by molar-refractivity contribution is 0.166. The molecule has 1 heterocycles. The van der Waals surface area contributed by atoms with E-state index in [0.717, 1.165) is 12.5 Å². The summed E-state index contributed by atoms with van der Waals surface area (Å²) in [5, 5.41) is 14.7. The maximum absolute atomic E-state index is 13.1. The van der Waals surface area contributed by atoms with Crippen LogP contribution in [0.5, 0.6) is 0 Å². The topological polar surface area (TPSA) is 38.0 Å². The number of halogens is 3. The van der Waals surface area contributed by atoms with E-state index in [1.807, 2.05) is 6.92 Å². The molecular weight excluding hydrogens is 286 g/mol. The molecule has 1 aromatic carbocycles. The van der Waals surface area contributed by atoms with E-state index in [1.165, 1.54) is 18.3 Å². The Morgan fingerprint density at radius 2 is 1.95 bits per heavy atom. The molecule has 0 fully saturated rings. The van der Waals surface area contributed by atoms with Crippen molar-refractivity contribution in [3.8, 4) is 0 Å². The van der Waals surface area contributed by atoms with E-state index in [2.05, 4.69) is 5.10 Å². The standard InChI is InChI=1S/C14H15ClF2N2O/c1-2-3-19-14(12(15)8-18-19)13(20)6-9-4-10(16)7-11(17)5-9/h4-5,7-8,13,20H,2-3,6H2,1H3. The van der Waals surface area contributed by atoms with Crippen LogP contribution in [0, 0.1) is 11.6 Å². The van der Waals surface area contributed by atoms with Crippen LogP contribution in [0.25, 0.3) is 0 Å². The monoisotopic (exact) mass is 300 g/mol. The third kappa shape index (κ3) is 3.35. The summed E-state index contributed by atoms with van der Waals surface area (Å²) in [7, 11) is 0. The molecule has 20 heavy (non-hydrogen) atoms. The molecule has 1 unspecified atom stereocenters. The lowest BCUT2D eigenvalue weighted by Crippen LogP contribution is -2.11. The van der Waals surface area contributed by atoms with Crippen LogP contribution in [-0.4, -0.2) is 14.9 Å². The molecule has 0 aliphatic carbocycles. The summed E-state index contributed by atoms with van der Waals surface area (Å²) in [6.45, 7) is 2.60. The van der Waals surface area contributed by atoms with Crippen LogP contribution in [0.3, 0.4) is 0 Å². The molecule has 1 N–H and O–H groups in total. The van der Waals surface area contributed by atoms with Gasteiger partial charge in [-0.25, -0.2) is 8.78 Å². The zero-order valence-electron chi connectivity index (χ0n) is 11.0. The number of rotatable bonds is 5. The van der Waals surface area contributed by atoms with Gasteiger partial charge < -0.3 is 5.11 Å². The van der Waals surface area contributed by atoms with Gasteiger partial charge >= 0.3 is 0 Å². The fraction of sp³-hybridized carbons (Fsp3) is 0.357. The highest BCUT2D eigenvalue weighted by Crippen LogP contribution is 2.26. The fourth-order valence-corrected chi connectivity index (χ4v) is 2.41. The van der Waals surface area contributed by atoms with Gasteiger partial charge in [-0.1, -0.05) is 18.5 Å². The van der Waals surface area contributed by atoms with E-state index in [1.54, 1.807) is 4.68 Å². The van der Waals surface area contributed by atoms with Crippen LogP contribution in [0.2, 0.25) is 5.02 Å². The molecule has 2 aromatic rings. The summed E-state index contributed by atoms with van der Waals surface area (Å²) in [6, 6.07) is 3.19. The zero-order chi connectivity index (χ0) is 14.7. The van der Waals surface area contributed by atoms with E-state index < -0.39 is 17.7 Å². The van der Waals surface area contributed by atoms with Crippen molar-refractivity contribution >= 4 is 11.6 Å². The first-order chi connectivity index (χ1) is 9.51. The number of benzene rings is 1. The normalized spacial score (nSPS) is 12.7. The van der Waals surface area contributed by atoms with Crippen LogP contribution >= 0.6 is 11.6 Å². The van der Waals surface area contributed by atoms with Crippen molar-refractivity contribution in [2.45, 2.75) is 32.4 Å². The van der Waals surface area contributed by atoms with Gasteiger partial charge in [-0.15, -0.1) is 0 Å². The molecule has 1 atom stereocenters. The van der Waals surface area contributed by atoms with Crippen LogP contribution in [0.4, 0.5) is 8.78 Å². The quantitative estimate of drug-likeness (QED) is 0.918. The first-order valence-corrected chi connectivity index (χ1v) is 6.73. The average Bonchev–Trinajstić information content (AvgIpc) is 2.69. The lowest BCUT2D eigenvalue weighted by atomic mass is 10.1. The number of hydrogen-bond donors (Lipinski definition) is 1. The van der Waals surface area contributed by atoms with Gasteiger partial charge in [-0.3, -0.25) is 4.68 Å². The largest absolute Gasteiger partial charge is 0.386 e. The summed E-state index contributed by atoms with van der Waals surface area (Å²) in [5.74, 6) is -1.33. The Labute approximate surface area is 120 Å².